The predicted octanol–water partition coefficient (Wildman–Crippen LogP) is 3.83. The molecule has 12 heteroatoms. The number of imidazole rings is 2. The fraction of sp³-hybridized carbons (Fsp3) is 0.333. The molecule has 12 nitrogen and oxygen atoms in total. The smallest absolute Gasteiger partial charge is 0.272 e. The third kappa shape index (κ3) is 5.87. The van der Waals surface area contributed by atoms with E-state index in [4.69, 9.17) is 9.47 Å². The highest BCUT2D eigenvalue weighted by atomic mass is 16.5. The van der Waals surface area contributed by atoms with Crippen LogP contribution in [0.4, 0.5) is 5.82 Å². The number of fused-ring (bicyclic) bond motifs is 5. The number of methoxy groups -OCH3 is 1. The van der Waals surface area contributed by atoms with Crippen LogP contribution < -0.4 is 14.4 Å². The molecular formula is C30H33N9O3. The molecule has 0 saturated heterocycles. The monoisotopic (exact) mass is 567 g/mol. The van der Waals surface area contributed by atoms with Crippen molar-refractivity contribution in [1.29, 1.82) is 0 Å². The molecule has 0 radical (unpaired) electrons. The van der Waals surface area contributed by atoms with Crippen molar-refractivity contribution in [2.45, 2.75) is 25.8 Å². The van der Waals surface area contributed by atoms with Gasteiger partial charge in [0, 0.05) is 50.3 Å². The number of aromatic amines is 1. The zero-order chi connectivity index (χ0) is 28.7. The van der Waals surface area contributed by atoms with Gasteiger partial charge in [-0.15, -0.1) is 0 Å². The Morgan fingerprint density at radius 3 is 2.71 bits per heavy atom. The van der Waals surface area contributed by atoms with Gasteiger partial charge in [-0.25, -0.2) is 19.9 Å². The van der Waals surface area contributed by atoms with Crippen molar-refractivity contribution in [1.82, 2.24) is 39.4 Å². The first-order valence-electron chi connectivity index (χ1n) is 14.1. The van der Waals surface area contributed by atoms with Gasteiger partial charge in [0.25, 0.3) is 5.91 Å². The number of nitrogens with one attached hydrogen (secondary N) is 1. The summed E-state index contributed by atoms with van der Waals surface area (Å²) in [5.74, 6) is 2.80. The van der Waals surface area contributed by atoms with Crippen LogP contribution in [-0.4, -0.2) is 85.2 Å². The fourth-order valence-corrected chi connectivity index (χ4v) is 5.26. The summed E-state index contributed by atoms with van der Waals surface area (Å²) in [5, 5.41) is 0. The van der Waals surface area contributed by atoms with Gasteiger partial charge >= 0.3 is 0 Å². The number of carbonyl (C=O) groups is 1. The van der Waals surface area contributed by atoms with Crippen LogP contribution in [0.3, 0.4) is 0 Å². The number of aromatic nitrogens is 7. The van der Waals surface area contributed by atoms with Crippen molar-refractivity contribution in [2.24, 2.45) is 0 Å². The van der Waals surface area contributed by atoms with E-state index in [2.05, 4.69) is 39.4 Å². The molecule has 216 valence electrons. The zero-order valence-corrected chi connectivity index (χ0v) is 23.5. The molecule has 4 aromatic heterocycles. The van der Waals surface area contributed by atoms with Crippen molar-refractivity contribution in [3.05, 3.63) is 73.3 Å². The maximum atomic E-state index is 13.4. The van der Waals surface area contributed by atoms with Crippen molar-refractivity contribution >= 4 is 22.9 Å². The predicted molar refractivity (Wildman–Crippen MR) is 158 cm³/mol. The molecule has 1 amide bonds. The van der Waals surface area contributed by atoms with Gasteiger partial charge in [-0.1, -0.05) is 6.07 Å². The Labute approximate surface area is 243 Å². The lowest BCUT2D eigenvalue weighted by molar-refractivity contribution is 0.0720. The standard InChI is InChI=1S/C30H33N9O3/c1-41-24-9-8-22-19-25(24)42-18-17-39(30(40)23-7-2-3-10-31-23)13-5-4-12-37(14-6-15-38-16-11-32-28(22)38)29-26-27(34-20-33-26)35-21-36-29/h2-3,7-11,16,19-21H,4-6,12-15,17-18H2,1H3,(H,33,34,35,36). The van der Waals surface area contributed by atoms with Gasteiger partial charge in [0.05, 0.1) is 20.0 Å². The zero-order valence-electron chi connectivity index (χ0n) is 23.5. The number of ether oxygens (including phenoxy) is 2. The lowest BCUT2D eigenvalue weighted by atomic mass is 10.2. The number of anilines is 1. The van der Waals surface area contributed by atoms with E-state index in [1.165, 1.54) is 0 Å². The summed E-state index contributed by atoms with van der Waals surface area (Å²) >= 11 is 0. The van der Waals surface area contributed by atoms with Crippen LogP contribution in [0.15, 0.2) is 67.6 Å². The Balaban J connectivity index is 1.30. The third-order valence-electron chi connectivity index (χ3n) is 7.36. The molecule has 0 atom stereocenters. The Morgan fingerprint density at radius 1 is 0.929 bits per heavy atom. The summed E-state index contributed by atoms with van der Waals surface area (Å²) < 4.78 is 13.9. The average molecular weight is 568 g/mol. The second kappa shape index (κ2) is 12.7. The minimum Gasteiger partial charge on any atom is -0.493 e. The van der Waals surface area contributed by atoms with E-state index >= 15 is 0 Å². The molecule has 5 heterocycles. The quantitative estimate of drug-likeness (QED) is 0.346. The van der Waals surface area contributed by atoms with Crippen LogP contribution >= 0.6 is 0 Å². The van der Waals surface area contributed by atoms with Crippen molar-refractivity contribution in [3.63, 3.8) is 0 Å². The molecule has 0 saturated carbocycles. The lowest BCUT2D eigenvalue weighted by Crippen LogP contribution is -2.36. The summed E-state index contributed by atoms with van der Waals surface area (Å²) in [7, 11) is 1.62. The number of hydrogen-bond acceptors (Lipinski definition) is 9. The molecular weight excluding hydrogens is 534 g/mol. The van der Waals surface area contributed by atoms with Crippen LogP contribution in [0.5, 0.6) is 11.5 Å². The third-order valence-corrected chi connectivity index (χ3v) is 7.36. The van der Waals surface area contributed by atoms with E-state index in [1.807, 2.05) is 41.6 Å². The van der Waals surface area contributed by atoms with Crippen LogP contribution in [0.2, 0.25) is 0 Å². The van der Waals surface area contributed by atoms with E-state index in [1.54, 1.807) is 38.1 Å². The molecule has 1 N–H and O–H groups in total. The number of amides is 1. The summed E-state index contributed by atoms with van der Waals surface area (Å²) in [5.41, 5.74) is 2.80. The highest BCUT2D eigenvalue weighted by Gasteiger charge is 2.20. The molecule has 6 rings (SSSR count). The maximum absolute atomic E-state index is 13.4. The van der Waals surface area contributed by atoms with Crippen molar-refractivity contribution in [2.75, 3.05) is 44.8 Å². The van der Waals surface area contributed by atoms with E-state index in [-0.39, 0.29) is 5.91 Å². The van der Waals surface area contributed by atoms with Crippen LogP contribution in [-0.2, 0) is 6.54 Å². The topological polar surface area (TPSA) is 127 Å². The summed E-state index contributed by atoms with van der Waals surface area (Å²) in [6.45, 7) is 3.60. The molecule has 0 unspecified atom stereocenters. The van der Waals surface area contributed by atoms with Crippen molar-refractivity contribution < 1.29 is 14.3 Å². The van der Waals surface area contributed by atoms with E-state index in [0.717, 1.165) is 61.6 Å². The minimum absolute atomic E-state index is 0.119. The normalized spacial score (nSPS) is 15.1. The van der Waals surface area contributed by atoms with E-state index < -0.39 is 0 Å². The molecule has 0 fully saturated rings. The Hall–Kier alpha value is -5.00. The Kier molecular flexibility index (Phi) is 8.20. The number of hydrogen-bond donors (Lipinski definition) is 1. The second-order valence-corrected chi connectivity index (χ2v) is 10.0. The van der Waals surface area contributed by atoms with Crippen LogP contribution in [0.1, 0.15) is 29.8 Å². The summed E-state index contributed by atoms with van der Waals surface area (Å²) in [6.07, 6.45) is 11.2. The molecule has 0 spiro atoms. The van der Waals surface area contributed by atoms with Gasteiger partial charge in [0.1, 0.15) is 30.0 Å². The van der Waals surface area contributed by atoms with E-state index in [9.17, 15) is 4.79 Å². The summed E-state index contributed by atoms with van der Waals surface area (Å²) in [6, 6.07) is 11.2. The van der Waals surface area contributed by atoms with Crippen molar-refractivity contribution in [3.8, 4) is 22.9 Å². The number of benzene rings is 1. The summed E-state index contributed by atoms with van der Waals surface area (Å²) in [4.78, 5) is 42.9. The van der Waals surface area contributed by atoms with Gasteiger partial charge in [-0.2, -0.15) is 0 Å². The van der Waals surface area contributed by atoms with Gasteiger partial charge in [0.2, 0.25) is 0 Å². The first-order valence-corrected chi connectivity index (χ1v) is 14.1. The lowest BCUT2D eigenvalue weighted by Gasteiger charge is -2.26. The number of carbonyl (C=O) groups excluding carboxylic acids is 1. The first-order chi connectivity index (χ1) is 20.7. The highest BCUT2D eigenvalue weighted by molar-refractivity contribution is 5.92. The molecule has 1 aromatic carbocycles. The maximum Gasteiger partial charge on any atom is 0.272 e. The highest BCUT2D eigenvalue weighted by Crippen LogP contribution is 2.32. The molecule has 0 aliphatic carbocycles. The largest absolute Gasteiger partial charge is 0.493 e. The van der Waals surface area contributed by atoms with Gasteiger partial charge in [-0.05, 0) is 49.6 Å². The minimum atomic E-state index is -0.119. The average Bonchev–Trinajstić information content (AvgIpc) is 3.71. The Bertz CT molecular complexity index is 1640. The van der Waals surface area contributed by atoms with Gasteiger partial charge < -0.3 is 28.8 Å². The number of pyridine rings is 1. The van der Waals surface area contributed by atoms with Crippen LogP contribution in [0.25, 0.3) is 22.6 Å². The molecule has 2 bridgehead atoms. The van der Waals surface area contributed by atoms with E-state index in [0.29, 0.717) is 42.5 Å². The number of aryl methyl sites for hydroxylation is 1. The number of H-pyrrole nitrogens is 1. The fourth-order valence-electron chi connectivity index (χ4n) is 5.26. The molecule has 1 aliphatic rings. The molecule has 42 heavy (non-hydrogen) atoms. The van der Waals surface area contributed by atoms with Gasteiger partial charge in [-0.3, -0.25) is 9.78 Å². The number of rotatable bonds is 3. The Morgan fingerprint density at radius 2 is 1.83 bits per heavy atom. The first kappa shape index (κ1) is 27.2. The number of nitrogens with zero attached hydrogens (tertiary/aromatic N) is 8. The van der Waals surface area contributed by atoms with Gasteiger partial charge in [0.15, 0.2) is 23.0 Å². The molecule has 1 aliphatic heterocycles. The molecule has 5 aromatic rings. The SMILES string of the molecule is COc1ccc2cc1OCCN(C(=O)c1ccccn1)CCCCN(c1ncnc3nc[nH]c13)CCCn1ccnc1-2. The second-order valence-electron chi connectivity index (χ2n) is 10.0. The van der Waals surface area contributed by atoms with Crippen LogP contribution in [0, 0.1) is 0 Å².